The number of halogens is 1. The van der Waals surface area contributed by atoms with Crippen LogP contribution in [-0.2, 0) is 6.54 Å². The Kier molecular flexibility index (Phi) is 4.19. The molecule has 0 aromatic heterocycles. The molecule has 0 aliphatic carbocycles. The third-order valence-electron chi connectivity index (χ3n) is 3.75. The van der Waals surface area contributed by atoms with E-state index in [2.05, 4.69) is 23.9 Å². The predicted molar refractivity (Wildman–Crippen MR) is 72.8 cm³/mol. The highest BCUT2D eigenvalue weighted by molar-refractivity contribution is 5.47. The molecule has 1 aromatic rings. The van der Waals surface area contributed by atoms with Crippen LogP contribution in [0.2, 0.25) is 0 Å². The Balaban J connectivity index is 2.05. The van der Waals surface area contributed by atoms with Crippen LogP contribution in [0.4, 0.5) is 10.1 Å². The second-order valence-electron chi connectivity index (χ2n) is 5.30. The van der Waals surface area contributed by atoms with Crippen LogP contribution in [-0.4, -0.2) is 43.0 Å². The summed E-state index contributed by atoms with van der Waals surface area (Å²) in [6.45, 7) is 2.63. The van der Waals surface area contributed by atoms with Gasteiger partial charge in [0.15, 0.2) is 0 Å². The molecule has 1 fully saturated rings. The van der Waals surface area contributed by atoms with Gasteiger partial charge in [0.05, 0.1) is 0 Å². The first kappa shape index (κ1) is 13.3. The van der Waals surface area contributed by atoms with Crippen molar-refractivity contribution in [3.63, 3.8) is 0 Å². The van der Waals surface area contributed by atoms with E-state index >= 15 is 0 Å². The quantitative estimate of drug-likeness (QED) is 0.833. The smallest absolute Gasteiger partial charge is 0.129 e. The van der Waals surface area contributed by atoms with Gasteiger partial charge in [-0.3, -0.25) is 4.90 Å². The van der Waals surface area contributed by atoms with Gasteiger partial charge >= 0.3 is 0 Å². The average molecular weight is 251 g/mol. The molecule has 2 rings (SSSR count). The lowest BCUT2D eigenvalue weighted by Gasteiger charge is -2.36. The Morgan fingerprint density at radius 2 is 2.22 bits per heavy atom. The first-order chi connectivity index (χ1) is 8.58. The number of rotatable bonds is 3. The lowest BCUT2D eigenvalue weighted by Crippen LogP contribution is -2.44. The van der Waals surface area contributed by atoms with Crippen molar-refractivity contribution < 1.29 is 4.39 Å². The standard InChI is InChI=1S/C14H22FN3/c1-17(2)11-5-4-8-18(9-11)10-12-13(15)6-3-7-14(12)16/h3,6-7,11H,4-5,8-10,16H2,1-2H3. The average Bonchev–Trinajstić information content (AvgIpc) is 2.34. The first-order valence-corrected chi connectivity index (χ1v) is 6.49. The molecule has 4 heteroatoms. The fourth-order valence-corrected chi connectivity index (χ4v) is 2.56. The summed E-state index contributed by atoms with van der Waals surface area (Å²) < 4.78 is 13.7. The highest BCUT2D eigenvalue weighted by Gasteiger charge is 2.22. The van der Waals surface area contributed by atoms with E-state index in [4.69, 9.17) is 5.73 Å². The Bertz CT molecular complexity index is 386. The number of hydrogen-bond acceptors (Lipinski definition) is 3. The molecule has 1 atom stereocenters. The summed E-state index contributed by atoms with van der Waals surface area (Å²) in [5.74, 6) is -0.193. The van der Waals surface area contributed by atoms with E-state index in [0.29, 0.717) is 23.8 Å². The summed E-state index contributed by atoms with van der Waals surface area (Å²) in [5.41, 5.74) is 7.05. The number of benzene rings is 1. The monoisotopic (exact) mass is 251 g/mol. The lowest BCUT2D eigenvalue weighted by atomic mass is 10.0. The molecule has 2 N–H and O–H groups in total. The number of nitrogens with two attached hydrogens (primary N) is 1. The Morgan fingerprint density at radius 3 is 2.89 bits per heavy atom. The fraction of sp³-hybridized carbons (Fsp3) is 0.571. The number of piperidine rings is 1. The summed E-state index contributed by atoms with van der Waals surface area (Å²) in [6.07, 6.45) is 2.38. The van der Waals surface area contributed by atoms with Crippen LogP contribution in [0.5, 0.6) is 0 Å². The Morgan fingerprint density at radius 1 is 1.44 bits per heavy atom. The van der Waals surface area contributed by atoms with E-state index < -0.39 is 0 Å². The first-order valence-electron chi connectivity index (χ1n) is 6.49. The summed E-state index contributed by atoms with van der Waals surface area (Å²) >= 11 is 0. The molecule has 1 aromatic carbocycles. The van der Waals surface area contributed by atoms with Crippen molar-refractivity contribution in [3.8, 4) is 0 Å². The van der Waals surface area contributed by atoms with Gasteiger partial charge in [-0.1, -0.05) is 6.07 Å². The number of nitrogens with zero attached hydrogens (tertiary/aromatic N) is 2. The van der Waals surface area contributed by atoms with E-state index in [1.54, 1.807) is 12.1 Å². The largest absolute Gasteiger partial charge is 0.398 e. The van der Waals surface area contributed by atoms with Crippen molar-refractivity contribution in [1.29, 1.82) is 0 Å². The van der Waals surface area contributed by atoms with Gasteiger partial charge in [-0.15, -0.1) is 0 Å². The van der Waals surface area contributed by atoms with Crippen molar-refractivity contribution in [1.82, 2.24) is 9.80 Å². The van der Waals surface area contributed by atoms with E-state index in [-0.39, 0.29) is 5.82 Å². The van der Waals surface area contributed by atoms with Gasteiger partial charge in [-0.05, 0) is 45.6 Å². The molecular weight excluding hydrogens is 229 g/mol. The summed E-state index contributed by atoms with van der Waals surface area (Å²) in [6, 6.07) is 5.48. The second-order valence-corrected chi connectivity index (χ2v) is 5.30. The summed E-state index contributed by atoms with van der Waals surface area (Å²) in [5, 5.41) is 0. The van der Waals surface area contributed by atoms with Crippen molar-refractivity contribution >= 4 is 5.69 Å². The maximum absolute atomic E-state index is 13.7. The number of likely N-dealkylation sites (N-methyl/N-ethyl adjacent to an activating group) is 1. The van der Waals surface area contributed by atoms with Crippen LogP contribution >= 0.6 is 0 Å². The van der Waals surface area contributed by atoms with Crippen LogP contribution in [0.15, 0.2) is 18.2 Å². The Hall–Kier alpha value is -1.13. The maximum atomic E-state index is 13.7. The van der Waals surface area contributed by atoms with E-state index in [0.717, 1.165) is 19.5 Å². The van der Waals surface area contributed by atoms with Crippen LogP contribution < -0.4 is 5.73 Å². The van der Waals surface area contributed by atoms with Gasteiger partial charge in [-0.25, -0.2) is 4.39 Å². The number of anilines is 1. The minimum Gasteiger partial charge on any atom is -0.398 e. The SMILES string of the molecule is CN(C)C1CCCN(Cc2c(N)cccc2F)C1. The zero-order valence-electron chi connectivity index (χ0n) is 11.2. The lowest BCUT2D eigenvalue weighted by molar-refractivity contribution is 0.127. The molecule has 0 bridgehead atoms. The highest BCUT2D eigenvalue weighted by Crippen LogP contribution is 2.21. The van der Waals surface area contributed by atoms with Crippen molar-refractivity contribution in [2.24, 2.45) is 0 Å². The van der Waals surface area contributed by atoms with Crippen LogP contribution in [0.25, 0.3) is 0 Å². The van der Waals surface area contributed by atoms with Crippen molar-refractivity contribution in [3.05, 3.63) is 29.6 Å². The molecular formula is C14H22FN3. The third kappa shape index (κ3) is 3.00. The Labute approximate surface area is 108 Å². The van der Waals surface area contributed by atoms with Crippen LogP contribution in [0.1, 0.15) is 18.4 Å². The zero-order valence-corrected chi connectivity index (χ0v) is 11.2. The van der Waals surface area contributed by atoms with Crippen LogP contribution in [0, 0.1) is 5.82 Å². The molecule has 18 heavy (non-hydrogen) atoms. The van der Waals surface area contributed by atoms with E-state index in [1.165, 1.54) is 12.5 Å². The molecule has 0 radical (unpaired) electrons. The summed E-state index contributed by atoms with van der Waals surface area (Å²) in [7, 11) is 4.21. The molecule has 0 spiro atoms. The molecule has 0 amide bonds. The van der Waals surface area contributed by atoms with Gasteiger partial charge in [-0.2, -0.15) is 0 Å². The minimum atomic E-state index is -0.193. The van der Waals surface area contributed by atoms with Gasteiger partial charge in [0.2, 0.25) is 0 Å². The number of nitrogen functional groups attached to an aromatic ring is 1. The van der Waals surface area contributed by atoms with Crippen molar-refractivity contribution in [2.45, 2.75) is 25.4 Å². The molecule has 1 unspecified atom stereocenters. The molecule has 1 aliphatic heterocycles. The molecule has 100 valence electrons. The topological polar surface area (TPSA) is 32.5 Å². The molecule has 1 aliphatic rings. The normalized spacial score (nSPS) is 21.4. The van der Waals surface area contributed by atoms with E-state index in [1.807, 2.05) is 0 Å². The maximum Gasteiger partial charge on any atom is 0.129 e. The number of hydrogen-bond donors (Lipinski definition) is 1. The second kappa shape index (κ2) is 5.67. The third-order valence-corrected chi connectivity index (χ3v) is 3.75. The molecule has 1 heterocycles. The molecule has 3 nitrogen and oxygen atoms in total. The van der Waals surface area contributed by atoms with Gasteiger partial charge < -0.3 is 10.6 Å². The molecule has 0 saturated carbocycles. The van der Waals surface area contributed by atoms with Gasteiger partial charge in [0.1, 0.15) is 5.82 Å². The van der Waals surface area contributed by atoms with E-state index in [9.17, 15) is 4.39 Å². The molecule has 1 saturated heterocycles. The highest BCUT2D eigenvalue weighted by atomic mass is 19.1. The minimum absolute atomic E-state index is 0.193. The fourth-order valence-electron chi connectivity index (χ4n) is 2.56. The van der Waals surface area contributed by atoms with Crippen LogP contribution in [0.3, 0.4) is 0 Å². The zero-order chi connectivity index (χ0) is 13.1. The van der Waals surface area contributed by atoms with Gasteiger partial charge in [0, 0.05) is 30.4 Å². The van der Waals surface area contributed by atoms with Crippen molar-refractivity contribution in [2.75, 3.05) is 32.9 Å². The van der Waals surface area contributed by atoms with Gasteiger partial charge in [0.25, 0.3) is 0 Å². The number of likely N-dealkylation sites (tertiary alicyclic amines) is 1. The predicted octanol–water partition coefficient (Wildman–Crippen LogP) is 1.93. The summed E-state index contributed by atoms with van der Waals surface area (Å²) in [4.78, 5) is 4.54.